The van der Waals surface area contributed by atoms with Crippen molar-refractivity contribution in [2.24, 2.45) is 10.7 Å². The van der Waals surface area contributed by atoms with Gasteiger partial charge < -0.3 is 20.5 Å². The Bertz CT molecular complexity index is 225. The van der Waals surface area contributed by atoms with Crippen molar-refractivity contribution in [3.8, 4) is 0 Å². The Morgan fingerprint density at radius 3 is 2.76 bits per heavy atom. The fraction of sp³-hybridized carbons (Fsp3) is 0.800. The van der Waals surface area contributed by atoms with E-state index in [0.29, 0.717) is 25.7 Å². The second kappa shape index (κ2) is 13.5. The Kier molecular flexibility index (Phi) is 14.9. The summed E-state index contributed by atoms with van der Waals surface area (Å²) in [7, 11) is 1.35. The number of rotatable bonds is 8. The number of nitrogens with two attached hydrogens (primary N) is 1. The van der Waals surface area contributed by atoms with Crippen LogP contribution in [-0.2, 0) is 14.3 Å². The number of nitrogens with zero attached hydrogens (tertiary/aromatic N) is 1. The highest BCUT2D eigenvalue weighted by Gasteiger charge is 1.99. The van der Waals surface area contributed by atoms with Crippen LogP contribution in [0.1, 0.15) is 19.8 Å². The second-order valence-electron chi connectivity index (χ2n) is 3.07. The van der Waals surface area contributed by atoms with E-state index in [4.69, 9.17) is 10.5 Å². The van der Waals surface area contributed by atoms with Gasteiger partial charge in [-0.15, -0.1) is 24.0 Å². The van der Waals surface area contributed by atoms with Crippen molar-refractivity contribution in [2.45, 2.75) is 19.8 Å². The number of guanidine groups is 1. The molecule has 0 saturated carbocycles. The van der Waals surface area contributed by atoms with Crippen LogP contribution in [0.15, 0.2) is 4.99 Å². The van der Waals surface area contributed by atoms with Crippen LogP contribution >= 0.6 is 24.0 Å². The molecule has 0 rings (SSSR count). The second-order valence-corrected chi connectivity index (χ2v) is 3.07. The van der Waals surface area contributed by atoms with Gasteiger partial charge in [0.05, 0.1) is 13.5 Å². The highest BCUT2D eigenvalue weighted by atomic mass is 127. The Morgan fingerprint density at radius 2 is 2.18 bits per heavy atom. The maximum atomic E-state index is 10.8. The van der Waals surface area contributed by atoms with Crippen LogP contribution < -0.4 is 11.1 Å². The molecule has 0 aliphatic heterocycles. The maximum absolute atomic E-state index is 10.8. The van der Waals surface area contributed by atoms with Crippen molar-refractivity contribution in [2.75, 3.05) is 33.4 Å². The molecule has 0 radical (unpaired) electrons. The Labute approximate surface area is 119 Å². The predicted octanol–water partition coefficient (Wildman–Crippen LogP) is 0.498. The third-order valence-electron chi connectivity index (χ3n) is 1.80. The van der Waals surface area contributed by atoms with E-state index >= 15 is 0 Å². The normalized spacial score (nSPS) is 10.6. The molecule has 0 aliphatic rings. The number of ether oxygens (including phenoxy) is 2. The summed E-state index contributed by atoms with van der Waals surface area (Å²) in [4.78, 5) is 14.8. The summed E-state index contributed by atoms with van der Waals surface area (Å²) in [6, 6.07) is 0. The van der Waals surface area contributed by atoms with E-state index in [1.165, 1.54) is 7.11 Å². The van der Waals surface area contributed by atoms with E-state index in [-0.39, 0.29) is 36.4 Å². The van der Waals surface area contributed by atoms with Crippen molar-refractivity contribution >= 4 is 35.9 Å². The fourth-order valence-electron chi connectivity index (χ4n) is 0.961. The zero-order valence-electron chi connectivity index (χ0n) is 10.4. The zero-order chi connectivity index (χ0) is 12.2. The first kappa shape index (κ1) is 18.8. The summed E-state index contributed by atoms with van der Waals surface area (Å²) >= 11 is 0. The van der Waals surface area contributed by atoms with Crippen LogP contribution in [0, 0.1) is 0 Å². The molecule has 0 fully saturated rings. The molecule has 0 atom stereocenters. The minimum absolute atomic E-state index is 0. The molecule has 0 bridgehead atoms. The van der Waals surface area contributed by atoms with Crippen molar-refractivity contribution in [3.05, 3.63) is 0 Å². The molecule has 3 N–H and O–H groups in total. The number of esters is 1. The number of nitrogens with one attached hydrogen (secondary N) is 1. The van der Waals surface area contributed by atoms with Crippen LogP contribution in [0.4, 0.5) is 0 Å². The highest BCUT2D eigenvalue weighted by Crippen LogP contribution is 1.84. The summed E-state index contributed by atoms with van der Waals surface area (Å²) in [6.45, 7) is 4.42. The van der Waals surface area contributed by atoms with Gasteiger partial charge in [-0.2, -0.15) is 0 Å². The lowest BCUT2D eigenvalue weighted by Gasteiger charge is -2.04. The first-order chi connectivity index (χ1) is 7.70. The summed E-state index contributed by atoms with van der Waals surface area (Å²) in [5, 5.41) is 2.82. The standard InChI is InChI=1S/C10H21N3O3.HI/c1-3-16-8-4-6-12-10(11)13-7-5-9(14)15-2;/h3-8H2,1-2H3,(H3,11,12,13);1H. The smallest absolute Gasteiger partial charge is 0.307 e. The van der Waals surface area contributed by atoms with Crippen LogP contribution in [0.25, 0.3) is 0 Å². The zero-order valence-corrected chi connectivity index (χ0v) is 12.7. The van der Waals surface area contributed by atoms with Gasteiger partial charge in [-0.1, -0.05) is 0 Å². The lowest BCUT2D eigenvalue weighted by molar-refractivity contribution is -0.140. The Hall–Kier alpha value is -0.570. The van der Waals surface area contributed by atoms with Gasteiger partial charge in [-0.05, 0) is 13.3 Å². The number of carbonyl (C=O) groups is 1. The molecule has 17 heavy (non-hydrogen) atoms. The number of halogens is 1. The first-order valence-corrected chi connectivity index (χ1v) is 5.39. The number of aliphatic imine (C=N–C) groups is 1. The van der Waals surface area contributed by atoms with Crippen molar-refractivity contribution in [1.82, 2.24) is 5.32 Å². The van der Waals surface area contributed by atoms with E-state index < -0.39 is 0 Å². The molecular weight excluding hydrogens is 337 g/mol. The molecule has 7 heteroatoms. The molecule has 0 aliphatic carbocycles. The summed E-state index contributed by atoms with van der Waals surface area (Å²) in [6.07, 6.45) is 1.12. The number of carbonyl (C=O) groups excluding carboxylic acids is 1. The summed E-state index contributed by atoms with van der Waals surface area (Å²) in [5.74, 6) is 0.0806. The Balaban J connectivity index is 0. The van der Waals surface area contributed by atoms with E-state index in [1.807, 2.05) is 6.92 Å². The van der Waals surface area contributed by atoms with Crippen LogP contribution in [0.3, 0.4) is 0 Å². The number of hydrogen-bond donors (Lipinski definition) is 2. The quantitative estimate of drug-likeness (QED) is 0.217. The predicted molar refractivity (Wildman–Crippen MR) is 77.7 cm³/mol. The molecular formula is C10H22IN3O3. The summed E-state index contributed by atoms with van der Waals surface area (Å²) < 4.78 is 9.63. The molecule has 0 aromatic rings. The third kappa shape index (κ3) is 13.4. The third-order valence-corrected chi connectivity index (χ3v) is 1.80. The average Bonchev–Trinajstić information content (AvgIpc) is 2.28. The van der Waals surface area contributed by atoms with Gasteiger partial charge in [0.15, 0.2) is 5.96 Å². The van der Waals surface area contributed by atoms with Gasteiger partial charge in [-0.3, -0.25) is 9.79 Å². The molecule has 0 spiro atoms. The van der Waals surface area contributed by atoms with Crippen molar-refractivity contribution in [1.29, 1.82) is 0 Å². The summed E-state index contributed by atoms with van der Waals surface area (Å²) in [5.41, 5.74) is 5.56. The maximum Gasteiger partial charge on any atom is 0.307 e. The first-order valence-electron chi connectivity index (χ1n) is 5.39. The minimum atomic E-state index is -0.267. The molecule has 6 nitrogen and oxygen atoms in total. The number of methoxy groups -OCH3 is 1. The molecule has 102 valence electrons. The van der Waals surface area contributed by atoms with Gasteiger partial charge in [0.1, 0.15) is 0 Å². The highest BCUT2D eigenvalue weighted by molar-refractivity contribution is 14.0. The van der Waals surface area contributed by atoms with Gasteiger partial charge in [0.2, 0.25) is 0 Å². The van der Waals surface area contributed by atoms with Gasteiger partial charge in [-0.25, -0.2) is 0 Å². The molecule has 0 heterocycles. The molecule has 0 saturated heterocycles. The van der Waals surface area contributed by atoms with Crippen molar-refractivity contribution < 1.29 is 14.3 Å². The van der Waals surface area contributed by atoms with Gasteiger partial charge in [0, 0.05) is 26.3 Å². The lowest BCUT2D eigenvalue weighted by atomic mass is 10.4. The monoisotopic (exact) mass is 359 g/mol. The van der Waals surface area contributed by atoms with Gasteiger partial charge in [0.25, 0.3) is 0 Å². The van der Waals surface area contributed by atoms with Crippen LogP contribution in [-0.4, -0.2) is 45.3 Å². The lowest BCUT2D eigenvalue weighted by Crippen LogP contribution is -2.33. The minimum Gasteiger partial charge on any atom is -0.469 e. The molecule has 0 aromatic heterocycles. The molecule has 0 amide bonds. The van der Waals surface area contributed by atoms with E-state index in [2.05, 4.69) is 15.0 Å². The average molecular weight is 359 g/mol. The molecule has 0 unspecified atom stereocenters. The SMILES string of the molecule is CCOCCCN=C(N)NCCC(=O)OC.I. The number of hydrogen-bond acceptors (Lipinski definition) is 4. The van der Waals surface area contributed by atoms with E-state index in [9.17, 15) is 4.79 Å². The van der Waals surface area contributed by atoms with Crippen molar-refractivity contribution in [3.63, 3.8) is 0 Å². The van der Waals surface area contributed by atoms with E-state index in [0.717, 1.165) is 13.0 Å². The van der Waals surface area contributed by atoms with Crippen LogP contribution in [0.5, 0.6) is 0 Å². The van der Waals surface area contributed by atoms with Crippen LogP contribution in [0.2, 0.25) is 0 Å². The Morgan fingerprint density at radius 1 is 1.47 bits per heavy atom. The fourth-order valence-corrected chi connectivity index (χ4v) is 0.961. The molecule has 0 aromatic carbocycles. The largest absolute Gasteiger partial charge is 0.469 e. The van der Waals surface area contributed by atoms with Gasteiger partial charge >= 0.3 is 5.97 Å². The van der Waals surface area contributed by atoms with E-state index in [1.54, 1.807) is 0 Å². The topological polar surface area (TPSA) is 85.9 Å².